The Balaban J connectivity index is 2.32. The normalized spacial score (nSPS) is 14.2. The van der Waals surface area contributed by atoms with Gasteiger partial charge in [0.1, 0.15) is 66.5 Å². The van der Waals surface area contributed by atoms with Crippen LogP contribution in [0.1, 0.15) is 96.6 Å². The molecule has 0 saturated carbocycles. The summed E-state index contributed by atoms with van der Waals surface area (Å²) < 4.78 is 0. The number of carbonyl (C=O) groups excluding carboxylic acids is 15. The molecule has 12 atom stereocenters. The van der Waals surface area contributed by atoms with Crippen LogP contribution in [-0.2, 0) is 104 Å². The number of carboxylic acid groups (broad SMARTS) is 4. The predicted molar refractivity (Wildman–Crippen MR) is 369 cm³/mol. The molecule has 0 aromatic heterocycles. The molecule has 43 heteroatoms. The Morgan fingerprint density at radius 2 is 0.776 bits per heavy atom. The number of aliphatic hydroxyl groups excluding tert-OH is 1. The van der Waals surface area contributed by atoms with Crippen LogP contribution in [0, 0.1) is 11.3 Å². The number of aliphatic carboxylic acids is 4. The number of carbonyl (C=O) groups is 19. The minimum absolute atomic E-state index is 0.101. The molecule has 588 valence electrons. The number of carboxylic acids is 4. The van der Waals surface area contributed by atoms with E-state index < -0.39 is 249 Å². The summed E-state index contributed by atoms with van der Waals surface area (Å²) in [6, 6.07) is -4.43. The Morgan fingerprint density at radius 3 is 1.22 bits per heavy atom. The third-order valence-electron chi connectivity index (χ3n) is 15.3. The topological polar surface area (TPSA) is 722 Å². The van der Waals surface area contributed by atoms with E-state index in [0.717, 1.165) is 6.92 Å². The fourth-order valence-electron chi connectivity index (χ4n) is 9.55. The largest absolute Gasteiger partial charge is 0.481 e. The molecule has 0 radical (unpaired) electrons. The minimum Gasteiger partial charge on any atom is -0.481 e. The Kier molecular flexibility index (Phi) is 39.2. The van der Waals surface area contributed by atoms with Gasteiger partial charge in [-0.2, -0.15) is 0 Å². The molecule has 107 heavy (non-hydrogen) atoms. The van der Waals surface area contributed by atoms with Crippen molar-refractivity contribution in [1.82, 2.24) is 74.4 Å². The van der Waals surface area contributed by atoms with Crippen LogP contribution >= 0.6 is 0 Å². The maximum Gasteiger partial charge on any atom is 0.326 e. The standard InChI is InChI=1S/C64H93N19O24/c1-30(2)51(83-47(88)28-72-54(97)35(65)17-19-48(89)90)62(105)81-41(25-45(67)86)59(102)80-42(26-50(93)94)60(103)79-40(24-44(66)85)58(101)76-36(18-20-49(91)92)55(98)73-31(3)52(95)71-27-46(87)75-38(22-33-12-7-5-8-13-33)56(99)78-39(23-34-14-9-6-10-15-34)57(100)82-43(29-84)61(104)74-32(4)53(96)77-37(63(106)107)16-11-21-70-64(68)69/h5-10,12-15,30-32,35-43,51,84H,11,16-29,65H2,1-4H3,(H2,66,85)(H2,67,86)(H,71,95)(H,72,97)(H,73,98)(H,74,104)(H,75,87)(H,76,101)(H,77,96)(H,78,99)(H,79,103)(H,80,102)(H,81,105)(H,82,100)(H,83,88)(H,89,90)(H,91,92)(H,93,94)(H,106,107)(H4,68,69,70)/t31-,32+,35-,36-,37+,38+,39-,40-,41+,42-,43-,51+/m0/s1. The van der Waals surface area contributed by atoms with Crippen LogP contribution < -0.4 is 97.4 Å². The van der Waals surface area contributed by atoms with Gasteiger partial charge in [0.2, 0.25) is 88.6 Å². The van der Waals surface area contributed by atoms with Gasteiger partial charge in [-0.3, -0.25) is 91.7 Å². The zero-order valence-corrected chi connectivity index (χ0v) is 58.7. The summed E-state index contributed by atoms with van der Waals surface area (Å²) in [5.41, 5.74) is 22.5. The number of hydrogen-bond acceptors (Lipinski definition) is 22. The highest BCUT2D eigenvalue weighted by molar-refractivity contribution is 6.01. The van der Waals surface area contributed by atoms with Gasteiger partial charge in [-0.05, 0) is 56.6 Å². The summed E-state index contributed by atoms with van der Waals surface area (Å²) in [5.74, 6) is -24.7. The van der Waals surface area contributed by atoms with Crippen molar-refractivity contribution in [1.29, 1.82) is 5.41 Å². The molecule has 0 spiro atoms. The lowest BCUT2D eigenvalue weighted by atomic mass is 10.0. The number of benzene rings is 2. The molecule has 0 unspecified atom stereocenters. The molecule has 2 rings (SSSR count). The summed E-state index contributed by atoms with van der Waals surface area (Å²) in [7, 11) is 0. The van der Waals surface area contributed by atoms with Gasteiger partial charge in [-0.1, -0.05) is 74.5 Å². The van der Waals surface area contributed by atoms with Gasteiger partial charge >= 0.3 is 23.9 Å². The van der Waals surface area contributed by atoms with Crippen LogP contribution in [0.25, 0.3) is 0 Å². The van der Waals surface area contributed by atoms with Gasteiger partial charge in [0.15, 0.2) is 5.96 Å². The van der Waals surface area contributed by atoms with E-state index in [-0.39, 0.29) is 44.6 Å². The summed E-state index contributed by atoms with van der Waals surface area (Å²) in [5, 5.41) is 86.9. The van der Waals surface area contributed by atoms with E-state index in [0.29, 0.717) is 11.1 Å². The van der Waals surface area contributed by atoms with E-state index in [1.165, 1.54) is 20.8 Å². The second-order valence-corrected chi connectivity index (χ2v) is 24.5. The fourth-order valence-corrected chi connectivity index (χ4v) is 9.55. The number of nitrogens with two attached hydrogens (primary N) is 4. The molecular weight excluding hydrogens is 1420 g/mol. The van der Waals surface area contributed by atoms with Crippen molar-refractivity contribution in [2.24, 2.45) is 28.9 Å². The van der Waals surface area contributed by atoms with Crippen molar-refractivity contribution in [3.63, 3.8) is 0 Å². The third-order valence-corrected chi connectivity index (χ3v) is 15.3. The summed E-state index contributed by atoms with van der Waals surface area (Å²) >= 11 is 0. The highest BCUT2D eigenvalue weighted by atomic mass is 16.4. The van der Waals surface area contributed by atoms with Gasteiger partial charge < -0.3 is 123 Å². The maximum absolute atomic E-state index is 14.3. The molecule has 2 aromatic rings. The first kappa shape index (κ1) is 90.6. The van der Waals surface area contributed by atoms with Crippen LogP contribution in [0.15, 0.2) is 60.7 Å². The molecule has 0 aliphatic rings. The summed E-state index contributed by atoms with van der Waals surface area (Å²) in [6.45, 7) is 2.51. The van der Waals surface area contributed by atoms with Gasteiger partial charge in [0.05, 0.1) is 45.0 Å². The van der Waals surface area contributed by atoms with E-state index >= 15 is 0 Å². The van der Waals surface area contributed by atoms with Crippen LogP contribution in [0.4, 0.5) is 0 Å². The van der Waals surface area contributed by atoms with E-state index in [4.69, 9.17) is 33.5 Å². The first-order valence-electron chi connectivity index (χ1n) is 33.1. The molecule has 0 fully saturated rings. The van der Waals surface area contributed by atoms with Crippen LogP contribution in [0.3, 0.4) is 0 Å². The van der Waals surface area contributed by atoms with Crippen LogP contribution in [-0.4, -0.2) is 243 Å². The Labute approximate surface area is 610 Å². The van der Waals surface area contributed by atoms with Crippen molar-refractivity contribution >= 4 is 118 Å². The number of guanidine groups is 1. The van der Waals surface area contributed by atoms with Crippen LogP contribution in [0.5, 0.6) is 0 Å². The SMILES string of the molecule is CC(C)[C@@H](NC(=O)CNC(=O)[C@@H](N)CCC(=O)O)C(=O)N[C@H](CC(N)=O)C(=O)N[C@@H](CC(=O)O)C(=O)N[C@@H](CC(N)=O)C(=O)N[C@@H](CCC(=O)O)C(=O)N[C@@H](C)C(=O)NCC(=O)N[C@H](Cc1ccccc1)C(=O)N[C@@H](Cc1ccccc1)C(=O)N[C@@H](CO)C(=O)N[C@H](C)C(=O)N[C@H](CCCNC(=N)N)C(=O)O. The molecule has 0 bridgehead atoms. The predicted octanol–water partition coefficient (Wildman–Crippen LogP) is -9.64. The zero-order chi connectivity index (χ0) is 80.8. The molecule has 43 nitrogen and oxygen atoms in total. The molecule has 28 N–H and O–H groups in total. The lowest BCUT2D eigenvalue weighted by Crippen LogP contribution is -2.61. The van der Waals surface area contributed by atoms with Gasteiger partial charge in [-0.15, -0.1) is 0 Å². The molecule has 0 heterocycles. The number of primary amides is 2. The van der Waals surface area contributed by atoms with E-state index in [9.17, 15) is 112 Å². The minimum atomic E-state index is -2.24. The number of nitrogens with one attached hydrogen (secondary N) is 15. The summed E-state index contributed by atoms with van der Waals surface area (Å²) in [6.07, 6.45) is -6.26. The molecule has 0 aliphatic heterocycles. The molecular formula is C64H93N19O24. The number of rotatable bonds is 49. The fraction of sp³-hybridized carbons (Fsp3) is 0.500. The van der Waals surface area contributed by atoms with Crippen molar-refractivity contribution in [3.05, 3.63) is 71.8 Å². The van der Waals surface area contributed by atoms with E-state index in [1.807, 2.05) is 10.6 Å². The van der Waals surface area contributed by atoms with Gasteiger partial charge in [-0.25, -0.2) is 4.79 Å². The molecule has 0 aliphatic carbocycles. The van der Waals surface area contributed by atoms with Gasteiger partial charge in [0.25, 0.3) is 0 Å². The molecule has 0 saturated heterocycles. The van der Waals surface area contributed by atoms with Crippen LogP contribution in [0.2, 0.25) is 0 Å². The first-order chi connectivity index (χ1) is 50.2. The van der Waals surface area contributed by atoms with Crippen molar-refractivity contribution in [2.75, 3.05) is 26.2 Å². The highest BCUT2D eigenvalue weighted by Gasteiger charge is 2.37. The number of amides is 15. The average Bonchev–Trinajstić information content (AvgIpc) is 0.855. The van der Waals surface area contributed by atoms with Crippen molar-refractivity contribution < 1.29 is 117 Å². The highest BCUT2D eigenvalue weighted by Crippen LogP contribution is 2.11. The quantitative estimate of drug-likeness (QED) is 0.0166. The van der Waals surface area contributed by atoms with Gasteiger partial charge in [0, 0.05) is 32.2 Å². The average molecular weight is 1510 g/mol. The lowest BCUT2D eigenvalue weighted by Gasteiger charge is -2.27. The smallest absolute Gasteiger partial charge is 0.326 e. The number of hydrogen-bond donors (Lipinski definition) is 24. The van der Waals surface area contributed by atoms with E-state index in [2.05, 4.69) is 63.8 Å². The zero-order valence-electron chi connectivity index (χ0n) is 58.7. The lowest BCUT2D eigenvalue weighted by molar-refractivity contribution is -0.142. The second kappa shape index (κ2) is 46.3. The Hall–Kier alpha value is -12.4. The second-order valence-electron chi connectivity index (χ2n) is 24.5. The maximum atomic E-state index is 14.3. The number of aliphatic hydroxyl groups is 1. The van der Waals surface area contributed by atoms with Crippen molar-refractivity contribution in [3.8, 4) is 0 Å². The van der Waals surface area contributed by atoms with Crippen molar-refractivity contribution in [2.45, 2.75) is 171 Å². The Bertz CT molecular complexity index is 3530. The molecule has 15 amide bonds. The molecule has 2 aromatic carbocycles. The summed E-state index contributed by atoms with van der Waals surface area (Å²) in [4.78, 5) is 247. The Morgan fingerprint density at radius 1 is 0.393 bits per heavy atom. The first-order valence-corrected chi connectivity index (χ1v) is 33.1. The monoisotopic (exact) mass is 1510 g/mol. The third kappa shape index (κ3) is 35.5. The van der Waals surface area contributed by atoms with E-state index in [1.54, 1.807) is 60.7 Å².